The molecule has 2 rings (SSSR count). The number of nitrogens with zero attached hydrogens (tertiary/aromatic N) is 2. The molecule has 1 aromatic heterocycles. The van der Waals surface area contributed by atoms with Crippen molar-refractivity contribution >= 4 is 58.3 Å². The highest BCUT2D eigenvalue weighted by atomic mass is 35.5. The molecule has 102 valence electrons. The summed E-state index contributed by atoms with van der Waals surface area (Å²) in [4.78, 5) is 0.817. The van der Waals surface area contributed by atoms with Crippen molar-refractivity contribution in [1.82, 2.24) is 4.37 Å². The van der Waals surface area contributed by atoms with E-state index in [9.17, 15) is 0 Å². The van der Waals surface area contributed by atoms with E-state index in [0.717, 1.165) is 15.6 Å². The Morgan fingerprint density at radius 2 is 2.05 bits per heavy atom. The standard InChI is InChI=1S/C13H9Cl2N3S2/c1-19-13-11(7-16)12(20-18-13)2-3-17-10-5-8(14)4-9(15)6-10/h2-6,17H,1H3/b3-2+. The molecule has 0 saturated heterocycles. The Hall–Kier alpha value is -1.19. The summed E-state index contributed by atoms with van der Waals surface area (Å²) in [5, 5.41) is 14.1. The van der Waals surface area contributed by atoms with Gasteiger partial charge in [-0.1, -0.05) is 23.2 Å². The summed E-state index contributed by atoms with van der Waals surface area (Å²) in [6.45, 7) is 0. The fraction of sp³-hybridized carbons (Fsp3) is 0.0769. The molecule has 0 radical (unpaired) electrons. The minimum Gasteiger partial charge on any atom is -0.362 e. The average molecular weight is 342 g/mol. The minimum absolute atomic E-state index is 0.563. The molecule has 0 fully saturated rings. The Labute approximate surface area is 135 Å². The molecule has 0 aliphatic rings. The van der Waals surface area contributed by atoms with E-state index in [4.69, 9.17) is 28.5 Å². The zero-order valence-corrected chi connectivity index (χ0v) is 13.5. The lowest BCUT2D eigenvalue weighted by atomic mass is 10.3. The highest BCUT2D eigenvalue weighted by Gasteiger charge is 2.09. The third-order valence-corrected chi connectivity index (χ3v) is 4.38. The number of aromatic nitrogens is 1. The van der Waals surface area contributed by atoms with Gasteiger partial charge in [-0.25, -0.2) is 0 Å². The van der Waals surface area contributed by atoms with Crippen molar-refractivity contribution in [3.05, 3.63) is 44.9 Å². The lowest BCUT2D eigenvalue weighted by molar-refractivity contribution is 1.25. The van der Waals surface area contributed by atoms with Gasteiger partial charge in [-0.15, -0.1) is 11.8 Å². The molecule has 7 heteroatoms. The SMILES string of the molecule is CSc1nsc(/C=C/Nc2cc(Cl)cc(Cl)c2)c1C#N. The van der Waals surface area contributed by atoms with Crippen molar-refractivity contribution in [3.8, 4) is 6.07 Å². The van der Waals surface area contributed by atoms with E-state index >= 15 is 0 Å². The molecular formula is C13H9Cl2N3S2. The van der Waals surface area contributed by atoms with Gasteiger partial charge in [0, 0.05) is 21.9 Å². The first kappa shape index (κ1) is 15.2. The van der Waals surface area contributed by atoms with Crippen molar-refractivity contribution in [1.29, 1.82) is 5.26 Å². The fourth-order valence-corrected chi connectivity index (χ4v) is 3.49. The predicted molar refractivity (Wildman–Crippen MR) is 87.7 cm³/mol. The van der Waals surface area contributed by atoms with Gasteiger partial charge in [0.25, 0.3) is 0 Å². The molecular weight excluding hydrogens is 333 g/mol. The topological polar surface area (TPSA) is 48.7 Å². The van der Waals surface area contributed by atoms with Crippen LogP contribution in [0.2, 0.25) is 10.0 Å². The summed E-state index contributed by atoms with van der Waals surface area (Å²) in [6.07, 6.45) is 5.45. The summed E-state index contributed by atoms with van der Waals surface area (Å²) >= 11 is 14.6. The normalized spacial score (nSPS) is 10.7. The zero-order chi connectivity index (χ0) is 14.5. The molecule has 0 atom stereocenters. The van der Waals surface area contributed by atoms with E-state index in [1.807, 2.05) is 12.3 Å². The van der Waals surface area contributed by atoms with Crippen molar-refractivity contribution < 1.29 is 0 Å². The highest BCUT2D eigenvalue weighted by Crippen LogP contribution is 2.27. The maximum Gasteiger partial charge on any atom is 0.128 e. The lowest BCUT2D eigenvalue weighted by Crippen LogP contribution is -1.87. The molecule has 3 nitrogen and oxygen atoms in total. The van der Waals surface area contributed by atoms with Crippen molar-refractivity contribution in [2.75, 3.05) is 11.6 Å². The zero-order valence-electron chi connectivity index (χ0n) is 10.4. The van der Waals surface area contributed by atoms with Gasteiger partial charge in [0.05, 0.1) is 4.88 Å². The van der Waals surface area contributed by atoms with Gasteiger partial charge in [-0.3, -0.25) is 0 Å². The quantitative estimate of drug-likeness (QED) is 0.783. The summed E-state index contributed by atoms with van der Waals surface area (Å²) in [6, 6.07) is 7.37. The third kappa shape index (κ3) is 3.68. The first-order chi connectivity index (χ1) is 9.63. The molecule has 1 heterocycles. The third-order valence-electron chi connectivity index (χ3n) is 2.34. The molecule has 20 heavy (non-hydrogen) atoms. The van der Waals surface area contributed by atoms with Gasteiger partial charge < -0.3 is 5.32 Å². The van der Waals surface area contributed by atoms with Crippen LogP contribution < -0.4 is 5.32 Å². The number of hydrogen-bond donors (Lipinski definition) is 1. The largest absolute Gasteiger partial charge is 0.362 e. The van der Waals surface area contributed by atoms with Gasteiger partial charge in [0.1, 0.15) is 16.7 Å². The van der Waals surface area contributed by atoms with Gasteiger partial charge in [0.2, 0.25) is 0 Å². The van der Waals surface area contributed by atoms with E-state index in [1.54, 1.807) is 24.4 Å². The fourth-order valence-electron chi connectivity index (χ4n) is 1.49. The Morgan fingerprint density at radius 1 is 1.35 bits per heavy atom. The number of benzene rings is 1. The number of anilines is 1. The minimum atomic E-state index is 0.563. The number of nitrogens with one attached hydrogen (secondary N) is 1. The molecule has 0 unspecified atom stereocenters. The number of halogens is 2. The van der Waals surface area contributed by atoms with Crippen LogP contribution in [0.5, 0.6) is 0 Å². The summed E-state index contributed by atoms with van der Waals surface area (Å²) in [5.74, 6) is 0. The molecule has 0 amide bonds. The summed E-state index contributed by atoms with van der Waals surface area (Å²) < 4.78 is 4.22. The number of hydrogen-bond acceptors (Lipinski definition) is 5. The predicted octanol–water partition coefficient (Wildman–Crippen LogP) is 5.13. The Morgan fingerprint density at radius 3 is 2.65 bits per heavy atom. The monoisotopic (exact) mass is 341 g/mol. The van der Waals surface area contributed by atoms with E-state index < -0.39 is 0 Å². The number of nitriles is 1. The summed E-state index contributed by atoms with van der Waals surface area (Å²) in [7, 11) is 0. The van der Waals surface area contributed by atoms with Crippen LogP contribution in [-0.2, 0) is 0 Å². The van der Waals surface area contributed by atoms with Crippen LogP contribution in [0.3, 0.4) is 0 Å². The number of thioether (sulfide) groups is 1. The maximum atomic E-state index is 9.12. The number of rotatable bonds is 4. The maximum absolute atomic E-state index is 9.12. The summed E-state index contributed by atoms with van der Waals surface area (Å²) in [5.41, 5.74) is 1.39. The van der Waals surface area contributed by atoms with Crippen LogP contribution in [0, 0.1) is 11.3 Å². The second-order valence-corrected chi connectivity index (χ2v) is 6.15. The molecule has 0 saturated carbocycles. The van der Waals surface area contributed by atoms with Crippen LogP contribution in [0.25, 0.3) is 6.08 Å². The van der Waals surface area contributed by atoms with E-state index in [2.05, 4.69) is 15.8 Å². The van der Waals surface area contributed by atoms with Crippen LogP contribution in [0.15, 0.2) is 29.4 Å². The second kappa shape index (κ2) is 7.00. The van der Waals surface area contributed by atoms with Crippen molar-refractivity contribution in [2.24, 2.45) is 0 Å². The lowest BCUT2D eigenvalue weighted by Gasteiger charge is -2.02. The first-order valence-corrected chi connectivity index (χ1v) is 8.22. The van der Waals surface area contributed by atoms with Gasteiger partial charge in [-0.2, -0.15) is 9.64 Å². The molecule has 2 aromatic rings. The molecule has 1 N–H and O–H groups in total. The molecule has 0 aliphatic carbocycles. The van der Waals surface area contributed by atoms with Crippen LogP contribution in [-0.4, -0.2) is 10.6 Å². The Balaban J connectivity index is 2.14. The highest BCUT2D eigenvalue weighted by molar-refractivity contribution is 7.98. The van der Waals surface area contributed by atoms with Gasteiger partial charge >= 0.3 is 0 Å². The van der Waals surface area contributed by atoms with Gasteiger partial charge in [-0.05, 0) is 42.1 Å². The Bertz CT molecular complexity index is 669. The Kier molecular flexibility index (Phi) is 5.32. The van der Waals surface area contributed by atoms with Crippen LogP contribution >= 0.6 is 46.5 Å². The van der Waals surface area contributed by atoms with E-state index in [1.165, 1.54) is 23.3 Å². The average Bonchev–Trinajstić information content (AvgIpc) is 2.79. The molecule has 0 aliphatic heterocycles. The van der Waals surface area contributed by atoms with Crippen molar-refractivity contribution in [3.63, 3.8) is 0 Å². The van der Waals surface area contributed by atoms with Crippen molar-refractivity contribution in [2.45, 2.75) is 5.03 Å². The van der Waals surface area contributed by atoms with E-state index in [0.29, 0.717) is 15.6 Å². The van der Waals surface area contributed by atoms with E-state index in [-0.39, 0.29) is 0 Å². The molecule has 0 spiro atoms. The molecule has 0 bridgehead atoms. The molecule has 1 aromatic carbocycles. The first-order valence-electron chi connectivity index (χ1n) is 5.47. The second-order valence-electron chi connectivity index (χ2n) is 3.68. The van der Waals surface area contributed by atoms with Crippen LogP contribution in [0.1, 0.15) is 10.4 Å². The van der Waals surface area contributed by atoms with Gasteiger partial charge in [0.15, 0.2) is 0 Å². The smallest absolute Gasteiger partial charge is 0.128 e. The van der Waals surface area contributed by atoms with Crippen LogP contribution in [0.4, 0.5) is 5.69 Å².